The number of benzene rings is 2. The summed E-state index contributed by atoms with van der Waals surface area (Å²) < 4.78 is 11.3. The molecular weight excluding hydrogens is 446 g/mol. The number of carbonyl (C=O) groups excluding carboxylic acids is 1. The second-order valence-corrected chi connectivity index (χ2v) is 8.31. The smallest absolute Gasteiger partial charge is 0.344 e. The van der Waals surface area contributed by atoms with Crippen LogP contribution in [0.25, 0.3) is 6.08 Å². The Bertz CT molecular complexity index is 1040. The summed E-state index contributed by atoms with van der Waals surface area (Å²) in [4.78, 5) is 26.0. The summed E-state index contributed by atoms with van der Waals surface area (Å²) >= 11 is 12.8. The normalized spacial score (nSPS) is 16.1. The number of para-hydroxylation sites is 1. The summed E-state index contributed by atoms with van der Waals surface area (Å²) in [6.07, 6.45) is 1.03. The lowest BCUT2D eigenvalue weighted by molar-refractivity contribution is -0.145. The van der Waals surface area contributed by atoms with Crippen molar-refractivity contribution in [3.05, 3.63) is 58.0 Å². The second kappa shape index (κ2) is 9.51. The van der Waals surface area contributed by atoms with Crippen LogP contribution in [0, 0.1) is 0 Å². The molecule has 0 radical (unpaired) electrons. The topological polar surface area (TPSA) is 76.1 Å². The van der Waals surface area contributed by atoms with Crippen LogP contribution in [-0.2, 0) is 9.59 Å². The molecule has 0 aliphatic carbocycles. The van der Waals surface area contributed by atoms with Crippen LogP contribution >= 0.6 is 35.6 Å². The molecule has 1 aliphatic heterocycles. The highest BCUT2D eigenvalue weighted by Crippen LogP contribution is 2.39. The first kappa shape index (κ1) is 22.1. The van der Waals surface area contributed by atoms with Crippen LogP contribution in [0.5, 0.6) is 11.5 Å². The van der Waals surface area contributed by atoms with Crippen molar-refractivity contribution in [1.29, 1.82) is 0 Å². The Morgan fingerprint density at radius 2 is 2.03 bits per heavy atom. The van der Waals surface area contributed by atoms with Crippen molar-refractivity contribution in [1.82, 2.24) is 0 Å². The fourth-order valence-electron chi connectivity index (χ4n) is 2.79. The van der Waals surface area contributed by atoms with Gasteiger partial charge in [-0.2, -0.15) is 0 Å². The van der Waals surface area contributed by atoms with Crippen LogP contribution in [0.3, 0.4) is 0 Å². The number of methoxy groups -OCH3 is 1. The van der Waals surface area contributed by atoms with E-state index in [4.69, 9.17) is 33.3 Å². The van der Waals surface area contributed by atoms with Gasteiger partial charge >= 0.3 is 5.97 Å². The molecule has 1 atom stereocenters. The molecule has 1 aliphatic rings. The van der Waals surface area contributed by atoms with Crippen LogP contribution in [0.2, 0.25) is 5.02 Å². The average Bonchev–Trinajstić information content (AvgIpc) is 3.00. The summed E-state index contributed by atoms with van der Waals surface area (Å²) in [6, 6.07) is 12.0. The number of carboxylic acids is 1. The largest absolute Gasteiger partial charge is 0.493 e. The fraction of sp³-hybridized carbons (Fsp3) is 0.190. The number of halogens is 1. The Labute approximate surface area is 188 Å². The van der Waals surface area contributed by atoms with Crippen molar-refractivity contribution in [2.24, 2.45) is 0 Å². The maximum atomic E-state index is 12.9. The van der Waals surface area contributed by atoms with Gasteiger partial charge in [0.2, 0.25) is 0 Å². The number of thioether (sulfide) groups is 1. The van der Waals surface area contributed by atoms with Crippen LogP contribution in [0.4, 0.5) is 5.69 Å². The molecule has 0 aromatic heterocycles. The van der Waals surface area contributed by atoms with E-state index in [-0.39, 0.29) is 5.91 Å². The molecule has 30 heavy (non-hydrogen) atoms. The van der Waals surface area contributed by atoms with Gasteiger partial charge in [-0.3, -0.25) is 9.69 Å². The summed E-state index contributed by atoms with van der Waals surface area (Å²) in [7, 11) is 1.46. The van der Waals surface area contributed by atoms with E-state index in [1.807, 2.05) is 0 Å². The second-order valence-electron chi connectivity index (χ2n) is 6.23. The van der Waals surface area contributed by atoms with E-state index in [9.17, 15) is 14.7 Å². The third-order valence-corrected chi connectivity index (χ3v) is 5.91. The molecule has 1 heterocycles. The molecule has 6 nitrogen and oxygen atoms in total. The number of amides is 1. The number of nitrogens with zero attached hydrogens (tertiary/aromatic N) is 1. The molecule has 3 rings (SSSR count). The summed E-state index contributed by atoms with van der Waals surface area (Å²) in [5, 5.41) is 9.63. The highest BCUT2D eigenvalue weighted by Gasteiger charge is 2.34. The van der Waals surface area contributed by atoms with Crippen molar-refractivity contribution >= 4 is 63.5 Å². The third kappa shape index (κ3) is 4.61. The zero-order valence-electron chi connectivity index (χ0n) is 16.1. The van der Waals surface area contributed by atoms with E-state index in [2.05, 4.69) is 0 Å². The molecule has 0 spiro atoms. The first-order valence-corrected chi connectivity index (χ1v) is 10.6. The Balaban J connectivity index is 1.88. The van der Waals surface area contributed by atoms with Gasteiger partial charge in [-0.05, 0) is 42.3 Å². The van der Waals surface area contributed by atoms with Gasteiger partial charge in [0.15, 0.2) is 21.9 Å². The summed E-state index contributed by atoms with van der Waals surface area (Å²) in [6.45, 7) is 1.72. The number of rotatable bonds is 7. The quantitative estimate of drug-likeness (QED) is 0.457. The predicted molar refractivity (Wildman–Crippen MR) is 122 cm³/mol. The minimum absolute atomic E-state index is 0.269. The number of hydrogen-bond acceptors (Lipinski definition) is 6. The lowest BCUT2D eigenvalue weighted by Gasteiger charge is -2.16. The van der Waals surface area contributed by atoms with E-state index < -0.39 is 12.1 Å². The minimum Gasteiger partial charge on any atom is -0.493 e. The number of carboxylic acid groups (broad SMARTS) is 1. The van der Waals surface area contributed by atoms with Crippen LogP contribution in [-0.4, -0.2) is 34.5 Å². The number of thiocarbonyl (C=S) groups is 1. The molecule has 1 unspecified atom stereocenters. The molecule has 9 heteroatoms. The maximum Gasteiger partial charge on any atom is 0.344 e. The standard InChI is InChI=1S/C21H18ClNO5S2/c1-3-15(20(25)26)28-16-9-8-12(10-17(16)27-2)11-18-19(24)23(21(29)30-18)14-7-5-4-6-13(14)22/h4-11,15H,3H2,1-2H3,(H,25,26)/b18-11+. The van der Waals surface area contributed by atoms with Gasteiger partial charge in [-0.1, -0.05) is 60.7 Å². The molecule has 2 aromatic rings. The number of aliphatic carboxylic acids is 1. The van der Waals surface area contributed by atoms with Gasteiger partial charge in [0.1, 0.15) is 0 Å². The SMILES string of the molecule is CCC(Oc1ccc(/C=C2/SC(=S)N(c3ccccc3Cl)C2=O)cc1OC)C(=O)O. The first-order valence-electron chi connectivity index (χ1n) is 8.95. The van der Waals surface area contributed by atoms with Crippen molar-refractivity contribution in [3.63, 3.8) is 0 Å². The molecule has 156 valence electrons. The highest BCUT2D eigenvalue weighted by molar-refractivity contribution is 8.27. The van der Waals surface area contributed by atoms with Crippen molar-refractivity contribution < 1.29 is 24.2 Å². The monoisotopic (exact) mass is 463 g/mol. The van der Waals surface area contributed by atoms with E-state index in [1.165, 1.54) is 23.8 Å². The molecule has 0 bridgehead atoms. The Morgan fingerprint density at radius 1 is 1.30 bits per heavy atom. The van der Waals surface area contributed by atoms with Crippen molar-refractivity contribution in [2.45, 2.75) is 19.4 Å². The van der Waals surface area contributed by atoms with Crippen molar-refractivity contribution in [3.8, 4) is 11.5 Å². The molecule has 0 saturated carbocycles. The first-order chi connectivity index (χ1) is 14.3. The summed E-state index contributed by atoms with van der Waals surface area (Å²) in [5.74, 6) is -0.640. The maximum absolute atomic E-state index is 12.9. The average molecular weight is 464 g/mol. The number of carbonyl (C=O) groups is 2. The Morgan fingerprint density at radius 3 is 2.67 bits per heavy atom. The van der Waals surface area contributed by atoms with Gasteiger partial charge < -0.3 is 14.6 Å². The van der Waals surface area contributed by atoms with Gasteiger partial charge in [0, 0.05) is 0 Å². The third-order valence-electron chi connectivity index (χ3n) is 4.29. The minimum atomic E-state index is -1.05. The van der Waals surface area contributed by atoms with Crippen molar-refractivity contribution in [2.75, 3.05) is 12.0 Å². The molecule has 1 fully saturated rings. The molecule has 1 N–H and O–H groups in total. The zero-order chi connectivity index (χ0) is 21.8. The Hall–Kier alpha value is -2.55. The Kier molecular flexibility index (Phi) is 7.02. The van der Waals surface area contributed by atoms with Gasteiger partial charge in [-0.15, -0.1) is 0 Å². The van der Waals surface area contributed by atoms with E-state index in [1.54, 1.807) is 55.5 Å². The van der Waals surface area contributed by atoms with E-state index in [0.717, 1.165) is 0 Å². The molecular formula is C21H18ClNO5S2. The number of hydrogen-bond donors (Lipinski definition) is 1. The number of anilines is 1. The molecule has 2 aromatic carbocycles. The van der Waals surface area contributed by atoms with Gasteiger partial charge in [-0.25, -0.2) is 4.79 Å². The van der Waals surface area contributed by atoms with Crippen LogP contribution in [0.1, 0.15) is 18.9 Å². The van der Waals surface area contributed by atoms with E-state index >= 15 is 0 Å². The lowest BCUT2D eigenvalue weighted by Crippen LogP contribution is -2.27. The zero-order valence-corrected chi connectivity index (χ0v) is 18.5. The number of ether oxygens (including phenoxy) is 2. The fourth-order valence-corrected chi connectivity index (χ4v) is 4.30. The van der Waals surface area contributed by atoms with E-state index in [0.29, 0.717) is 43.4 Å². The summed E-state index contributed by atoms with van der Waals surface area (Å²) in [5.41, 5.74) is 1.22. The van der Waals surface area contributed by atoms with Gasteiger partial charge in [0.05, 0.1) is 22.7 Å². The predicted octanol–water partition coefficient (Wildman–Crippen LogP) is 5.00. The highest BCUT2D eigenvalue weighted by atomic mass is 35.5. The molecule has 1 amide bonds. The van der Waals surface area contributed by atoms with Gasteiger partial charge in [0.25, 0.3) is 5.91 Å². The van der Waals surface area contributed by atoms with Crippen LogP contribution in [0.15, 0.2) is 47.4 Å². The molecule has 1 saturated heterocycles. The van der Waals surface area contributed by atoms with Crippen LogP contribution < -0.4 is 14.4 Å². The lowest BCUT2D eigenvalue weighted by atomic mass is 10.1.